The Labute approximate surface area is 393 Å². The standard InChI is InChI=1S/C46H52N10O10S2/c1-46(2,3)66-45(58)48-24-32(57)25-49-67(59,60)39-23-22-36(37-8-7-9-38-41(37)51-44(47)50-38)40(43-52-54-56(53-43)28-31-14-20-35(65-6)21-15-31)42(39)68(61,62)55(26-29-10-16-33(63-4)17-11-29)27-30-12-18-34(64-5)19-13-30/h7-23,32,49,57H,24-28H2,1-6H3,(H,48,58)(H3,47,50,51). The van der Waals surface area contributed by atoms with Gasteiger partial charge in [-0.25, -0.2) is 31.3 Å². The lowest BCUT2D eigenvalue weighted by Gasteiger charge is -2.26. The second-order valence-electron chi connectivity index (χ2n) is 16.5. The summed E-state index contributed by atoms with van der Waals surface area (Å²) in [6.07, 6.45) is -2.30. The van der Waals surface area contributed by atoms with Gasteiger partial charge in [0.2, 0.25) is 25.9 Å². The lowest BCUT2D eigenvalue weighted by Crippen LogP contribution is -2.42. The number of nitrogens with two attached hydrogens (primary N) is 1. The van der Waals surface area contributed by atoms with Gasteiger partial charge in [0.05, 0.1) is 50.6 Å². The minimum absolute atomic E-state index is 0.0821. The van der Waals surface area contributed by atoms with E-state index in [1.54, 1.807) is 119 Å². The van der Waals surface area contributed by atoms with Crippen LogP contribution in [0.1, 0.15) is 37.5 Å². The van der Waals surface area contributed by atoms with Crippen molar-refractivity contribution in [2.24, 2.45) is 0 Å². The number of tetrazole rings is 1. The number of aliphatic hydroxyl groups is 1. The normalized spacial score (nSPS) is 12.5. The number of carbonyl (C=O) groups is 1. The average molecular weight is 969 g/mol. The number of methoxy groups -OCH3 is 3. The highest BCUT2D eigenvalue weighted by molar-refractivity contribution is 7.92. The maximum atomic E-state index is 16.0. The number of benzene rings is 5. The largest absolute Gasteiger partial charge is 0.497 e. The fourth-order valence-corrected chi connectivity index (χ4v) is 10.6. The number of rotatable bonds is 19. The first kappa shape index (κ1) is 48.8. The Morgan fingerprint density at radius 2 is 1.37 bits per heavy atom. The molecule has 0 saturated heterocycles. The van der Waals surface area contributed by atoms with E-state index in [9.17, 15) is 18.3 Å². The molecular weight excluding hydrogens is 917 g/mol. The number of carbonyl (C=O) groups excluding carboxylic acids is 1. The molecule has 0 fully saturated rings. The molecule has 0 aliphatic heterocycles. The first-order chi connectivity index (χ1) is 32.4. The number of imidazole rings is 1. The van der Waals surface area contributed by atoms with Crippen LogP contribution in [0.5, 0.6) is 17.2 Å². The molecule has 68 heavy (non-hydrogen) atoms. The van der Waals surface area contributed by atoms with Gasteiger partial charge in [0.1, 0.15) is 32.6 Å². The summed E-state index contributed by atoms with van der Waals surface area (Å²) in [5.41, 5.74) is 8.34. The predicted molar refractivity (Wildman–Crippen MR) is 253 cm³/mol. The van der Waals surface area contributed by atoms with Gasteiger partial charge in [-0.3, -0.25) is 0 Å². The highest BCUT2D eigenvalue weighted by Gasteiger charge is 2.38. The summed E-state index contributed by atoms with van der Waals surface area (Å²) in [6, 6.07) is 28.4. The van der Waals surface area contributed by atoms with Crippen LogP contribution in [0.25, 0.3) is 33.5 Å². The molecule has 1 amide bonds. The SMILES string of the molecule is COc1ccc(CN(Cc2ccc(OC)cc2)S(=O)(=O)c2c(S(=O)(=O)NCC(O)CNC(=O)OC(C)(C)C)ccc(-c3cccc4[nH]c(N)nc34)c2-c2nnn(Cc3ccc(OC)cc3)n2)cc1. The monoisotopic (exact) mass is 968 g/mol. The van der Waals surface area contributed by atoms with Crippen molar-refractivity contribution in [2.75, 3.05) is 40.2 Å². The summed E-state index contributed by atoms with van der Waals surface area (Å²) < 4.78 is 86.4. The fourth-order valence-electron chi connectivity index (χ4n) is 7.15. The van der Waals surface area contributed by atoms with Crippen molar-refractivity contribution in [1.29, 1.82) is 0 Å². The Morgan fingerprint density at radius 3 is 1.93 bits per heavy atom. The summed E-state index contributed by atoms with van der Waals surface area (Å²) in [7, 11) is -5.32. The van der Waals surface area contributed by atoms with Gasteiger partial charge >= 0.3 is 6.09 Å². The van der Waals surface area contributed by atoms with Crippen LogP contribution in [-0.4, -0.2) is 109 Å². The molecule has 2 aromatic heterocycles. The molecule has 0 saturated carbocycles. The molecule has 0 bridgehead atoms. The number of aromatic nitrogens is 6. The molecule has 6 N–H and O–H groups in total. The zero-order valence-electron chi connectivity index (χ0n) is 38.1. The number of hydrogen-bond donors (Lipinski definition) is 5. The second-order valence-corrected chi connectivity index (χ2v) is 20.1. The minimum atomic E-state index is -5.00. The summed E-state index contributed by atoms with van der Waals surface area (Å²) in [5.74, 6) is 1.54. The number of amides is 1. The van der Waals surface area contributed by atoms with Gasteiger partial charge in [-0.05, 0) is 96.8 Å². The summed E-state index contributed by atoms with van der Waals surface area (Å²) in [6.45, 7) is 3.56. The van der Waals surface area contributed by atoms with Gasteiger partial charge in [-0.2, -0.15) is 9.10 Å². The summed E-state index contributed by atoms with van der Waals surface area (Å²) in [5, 5.41) is 26.7. The average Bonchev–Trinajstić information content (AvgIpc) is 3.95. The predicted octanol–water partition coefficient (Wildman–Crippen LogP) is 5.09. The second kappa shape index (κ2) is 20.4. The lowest BCUT2D eigenvalue weighted by atomic mass is 9.98. The smallest absolute Gasteiger partial charge is 0.407 e. The van der Waals surface area contributed by atoms with Crippen molar-refractivity contribution in [3.63, 3.8) is 0 Å². The molecule has 2 heterocycles. The molecule has 358 valence electrons. The molecule has 7 rings (SSSR count). The van der Waals surface area contributed by atoms with Crippen molar-refractivity contribution < 1.29 is 45.7 Å². The van der Waals surface area contributed by atoms with E-state index in [1.807, 2.05) is 0 Å². The van der Waals surface area contributed by atoms with E-state index < -0.39 is 60.7 Å². The third-order valence-corrected chi connectivity index (χ3v) is 13.9. The van der Waals surface area contributed by atoms with E-state index in [2.05, 4.69) is 35.4 Å². The molecule has 7 aromatic rings. The Kier molecular flexibility index (Phi) is 14.6. The Morgan fingerprint density at radius 1 is 0.794 bits per heavy atom. The van der Waals surface area contributed by atoms with Crippen molar-refractivity contribution in [1.82, 2.24) is 44.5 Å². The van der Waals surface area contributed by atoms with E-state index in [-0.39, 0.29) is 42.5 Å². The van der Waals surface area contributed by atoms with Crippen molar-refractivity contribution >= 4 is 43.1 Å². The number of nitrogens with zero attached hydrogens (tertiary/aromatic N) is 6. The van der Waals surface area contributed by atoms with Crippen LogP contribution in [0.4, 0.5) is 10.7 Å². The van der Waals surface area contributed by atoms with Crippen molar-refractivity contribution in [3.05, 3.63) is 120 Å². The molecule has 22 heteroatoms. The van der Waals surface area contributed by atoms with Gasteiger partial charge in [-0.1, -0.05) is 54.6 Å². The highest BCUT2D eigenvalue weighted by atomic mass is 32.2. The van der Waals surface area contributed by atoms with Gasteiger partial charge in [0, 0.05) is 31.7 Å². The number of aromatic amines is 1. The number of nitrogen functional groups attached to an aromatic ring is 1. The third-order valence-electron chi connectivity index (χ3n) is 10.4. The Hall–Kier alpha value is -7.11. The maximum Gasteiger partial charge on any atom is 0.407 e. The van der Waals surface area contributed by atoms with Gasteiger partial charge in [-0.15, -0.1) is 10.2 Å². The topological polar surface area (TPSA) is 268 Å². The number of anilines is 1. The molecule has 0 aliphatic rings. The van der Waals surface area contributed by atoms with Crippen LogP contribution in [0.2, 0.25) is 0 Å². The van der Waals surface area contributed by atoms with Gasteiger partial charge in [0.25, 0.3) is 0 Å². The van der Waals surface area contributed by atoms with Gasteiger partial charge < -0.3 is 40.1 Å². The van der Waals surface area contributed by atoms with Crippen LogP contribution < -0.4 is 30.0 Å². The number of ether oxygens (including phenoxy) is 4. The van der Waals surface area contributed by atoms with Crippen LogP contribution in [0.3, 0.4) is 0 Å². The number of nitrogens with one attached hydrogen (secondary N) is 3. The maximum absolute atomic E-state index is 16.0. The van der Waals surface area contributed by atoms with E-state index in [0.717, 1.165) is 15.9 Å². The minimum Gasteiger partial charge on any atom is -0.497 e. The Bertz CT molecular complexity index is 3050. The third kappa shape index (κ3) is 11.5. The number of alkyl carbamates (subject to hydrolysis) is 1. The quantitative estimate of drug-likeness (QED) is 0.0706. The number of fused-ring (bicyclic) bond motifs is 1. The molecule has 5 aromatic carbocycles. The van der Waals surface area contributed by atoms with E-state index in [0.29, 0.717) is 45.0 Å². The fraction of sp³-hybridized carbons (Fsp3) is 0.283. The first-order valence-corrected chi connectivity index (χ1v) is 24.0. The van der Waals surface area contributed by atoms with Crippen molar-refractivity contribution in [2.45, 2.75) is 61.9 Å². The molecule has 0 radical (unpaired) electrons. The van der Waals surface area contributed by atoms with E-state index >= 15 is 8.42 Å². The summed E-state index contributed by atoms with van der Waals surface area (Å²) >= 11 is 0. The molecule has 0 aliphatic carbocycles. The van der Waals surface area contributed by atoms with E-state index in [4.69, 9.17) is 24.7 Å². The highest BCUT2D eigenvalue weighted by Crippen LogP contribution is 2.43. The van der Waals surface area contributed by atoms with Crippen LogP contribution in [0, 0.1) is 0 Å². The van der Waals surface area contributed by atoms with E-state index in [1.165, 1.54) is 25.1 Å². The van der Waals surface area contributed by atoms with Crippen molar-refractivity contribution in [3.8, 4) is 39.8 Å². The van der Waals surface area contributed by atoms with Gasteiger partial charge in [0.15, 0.2) is 5.95 Å². The number of para-hydroxylation sites is 1. The van der Waals surface area contributed by atoms with Crippen LogP contribution in [-0.2, 0) is 44.4 Å². The molecule has 20 nitrogen and oxygen atoms in total. The molecule has 1 unspecified atom stereocenters. The van der Waals surface area contributed by atoms with Crippen LogP contribution >= 0.6 is 0 Å². The number of sulfonamides is 2. The summed E-state index contributed by atoms with van der Waals surface area (Å²) in [4.78, 5) is 19.7. The molecular formula is C46H52N10O10S2. The molecule has 1 atom stereocenters. The van der Waals surface area contributed by atoms with Crippen LogP contribution in [0.15, 0.2) is 113 Å². The number of H-pyrrole nitrogens is 1. The first-order valence-electron chi connectivity index (χ1n) is 21.1. The lowest BCUT2D eigenvalue weighted by molar-refractivity contribution is 0.0494. The zero-order valence-corrected chi connectivity index (χ0v) is 39.8. The zero-order chi connectivity index (χ0) is 48.8. The number of hydrogen-bond acceptors (Lipinski definition) is 15. The number of aliphatic hydroxyl groups excluding tert-OH is 1. The Balaban J connectivity index is 1.44. The molecule has 0 spiro atoms.